The summed E-state index contributed by atoms with van der Waals surface area (Å²) in [5, 5.41) is 13.3. The van der Waals surface area contributed by atoms with Gasteiger partial charge in [0.15, 0.2) is 0 Å². The number of rotatable bonds is 6. The van der Waals surface area contributed by atoms with Gasteiger partial charge in [-0.2, -0.15) is 10.2 Å². The Morgan fingerprint density at radius 1 is 0.773 bits per heavy atom. The summed E-state index contributed by atoms with van der Waals surface area (Å²) < 4.78 is 9.97. The van der Waals surface area contributed by atoms with Crippen molar-refractivity contribution in [1.82, 2.24) is 10.6 Å². The minimum absolute atomic E-state index is 0.225. The zero-order chi connectivity index (χ0) is 17.6. The van der Waals surface area contributed by atoms with Crippen molar-refractivity contribution in [3.63, 3.8) is 0 Å². The van der Waals surface area contributed by atoms with E-state index in [4.69, 9.17) is 9.47 Å². The fraction of sp³-hybridized carbons (Fsp3) is 0.857. The summed E-state index contributed by atoms with van der Waals surface area (Å²) in [6.45, 7) is 13.7. The summed E-state index contributed by atoms with van der Waals surface area (Å²) in [4.78, 5) is 23.1. The van der Waals surface area contributed by atoms with Crippen LogP contribution in [0.25, 0.3) is 0 Å². The van der Waals surface area contributed by atoms with Crippen LogP contribution in [0.1, 0.15) is 55.4 Å². The molecule has 0 saturated carbocycles. The first-order valence-corrected chi connectivity index (χ1v) is 7.24. The summed E-state index contributed by atoms with van der Waals surface area (Å²) in [5.41, 5.74) is -1.93. The van der Waals surface area contributed by atoms with E-state index in [0.29, 0.717) is 0 Å². The van der Waals surface area contributed by atoms with Crippen molar-refractivity contribution >= 4 is 12.2 Å². The fourth-order valence-corrected chi connectivity index (χ4v) is 1.29. The molecule has 0 aromatic carbocycles. The molecule has 0 aliphatic carbocycles. The van der Waals surface area contributed by atoms with Gasteiger partial charge >= 0.3 is 12.2 Å². The van der Waals surface area contributed by atoms with Crippen LogP contribution in [0.15, 0.2) is 10.2 Å². The van der Waals surface area contributed by atoms with Crippen LogP contribution in [0.3, 0.4) is 0 Å². The SMILES string of the molecule is CC(C)OC(=O)NC(C)(C)N=NC(C)(C)NC(=O)OC(C)C. The predicted octanol–water partition coefficient (Wildman–Crippen LogP) is 3.18. The second-order valence-corrected chi connectivity index (χ2v) is 6.48. The van der Waals surface area contributed by atoms with E-state index < -0.39 is 23.5 Å². The first-order valence-electron chi connectivity index (χ1n) is 7.24. The smallest absolute Gasteiger partial charge is 0.409 e. The van der Waals surface area contributed by atoms with Crippen LogP contribution >= 0.6 is 0 Å². The van der Waals surface area contributed by atoms with Crippen molar-refractivity contribution in [3.8, 4) is 0 Å². The number of azo groups is 1. The van der Waals surface area contributed by atoms with E-state index in [0.717, 1.165) is 0 Å². The number of hydrogen-bond acceptors (Lipinski definition) is 6. The van der Waals surface area contributed by atoms with E-state index in [1.165, 1.54) is 0 Å². The molecule has 128 valence electrons. The molecule has 0 saturated heterocycles. The number of amides is 2. The van der Waals surface area contributed by atoms with Gasteiger partial charge in [-0.05, 0) is 55.4 Å². The van der Waals surface area contributed by atoms with Gasteiger partial charge < -0.3 is 9.47 Å². The highest BCUT2D eigenvalue weighted by Gasteiger charge is 2.25. The van der Waals surface area contributed by atoms with E-state index in [9.17, 15) is 9.59 Å². The number of ether oxygens (including phenoxy) is 2. The van der Waals surface area contributed by atoms with Gasteiger partial charge in [-0.1, -0.05) is 0 Å². The molecule has 0 unspecified atom stereocenters. The highest BCUT2D eigenvalue weighted by molar-refractivity contribution is 5.68. The van der Waals surface area contributed by atoms with Gasteiger partial charge in [-0.15, -0.1) is 0 Å². The molecule has 0 heterocycles. The lowest BCUT2D eigenvalue weighted by Gasteiger charge is -2.25. The van der Waals surface area contributed by atoms with E-state index in [-0.39, 0.29) is 12.2 Å². The van der Waals surface area contributed by atoms with Crippen LogP contribution in [0, 0.1) is 0 Å². The van der Waals surface area contributed by atoms with Crippen molar-refractivity contribution in [2.45, 2.75) is 78.9 Å². The van der Waals surface area contributed by atoms with E-state index in [1.54, 1.807) is 55.4 Å². The average molecular weight is 316 g/mol. The number of hydrogen-bond donors (Lipinski definition) is 2. The van der Waals surface area contributed by atoms with E-state index in [2.05, 4.69) is 20.9 Å². The number of carbonyl (C=O) groups excluding carboxylic acids is 2. The lowest BCUT2D eigenvalue weighted by Crippen LogP contribution is -2.45. The Bertz CT molecular complexity index is 379. The normalized spacial score (nSPS) is 12.6. The van der Waals surface area contributed by atoms with E-state index >= 15 is 0 Å². The van der Waals surface area contributed by atoms with Crippen LogP contribution in [-0.4, -0.2) is 35.7 Å². The quantitative estimate of drug-likeness (QED) is 0.735. The Morgan fingerprint density at radius 3 is 1.27 bits per heavy atom. The van der Waals surface area contributed by atoms with Gasteiger partial charge in [-0.25, -0.2) is 9.59 Å². The van der Waals surface area contributed by atoms with Gasteiger partial charge in [0.05, 0.1) is 12.2 Å². The maximum atomic E-state index is 11.6. The molecule has 22 heavy (non-hydrogen) atoms. The molecule has 0 aromatic rings. The summed E-state index contributed by atoms with van der Waals surface area (Å²) in [6, 6.07) is 0. The maximum Gasteiger partial charge on any atom is 0.409 e. The minimum Gasteiger partial charge on any atom is -0.447 e. The Morgan fingerprint density at radius 2 is 1.05 bits per heavy atom. The minimum atomic E-state index is -0.965. The first-order chi connectivity index (χ1) is 9.83. The molecular weight excluding hydrogens is 288 g/mol. The van der Waals surface area contributed by atoms with Gasteiger partial charge in [-0.3, -0.25) is 10.6 Å². The molecule has 0 rings (SSSR count). The Balaban J connectivity index is 4.63. The average Bonchev–Trinajstić information content (AvgIpc) is 2.22. The highest BCUT2D eigenvalue weighted by Crippen LogP contribution is 2.12. The monoisotopic (exact) mass is 316 g/mol. The topological polar surface area (TPSA) is 101 Å². The second-order valence-electron chi connectivity index (χ2n) is 6.48. The van der Waals surface area contributed by atoms with Crippen LogP contribution in [-0.2, 0) is 9.47 Å². The van der Waals surface area contributed by atoms with Crippen molar-refractivity contribution in [3.05, 3.63) is 0 Å². The van der Waals surface area contributed by atoms with Crippen molar-refractivity contribution in [2.75, 3.05) is 0 Å². The maximum absolute atomic E-state index is 11.6. The summed E-state index contributed by atoms with van der Waals surface area (Å²) in [7, 11) is 0. The third-order valence-corrected chi connectivity index (χ3v) is 2.05. The molecule has 8 heteroatoms. The molecule has 0 spiro atoms. The van der Waals surface area contributed by atoms with Gasteiger partial charge in [0.2, 0.25) is 0 Å². The first kappa shape index (κ1) is 20.1. The zero-order valence-electron chi connectivity index (χ0n) is 14.7. The van der Waals surface area contributed by atoms with Crippen molar-refractivity contribution < 1.29 is 19.1 Å². The van der Waals surface area contributed by atoms with Gasteiger partial charge in [0.1, 0.15) is 11.3 Å². The summed E-state index contributed by atoms with van der Waals surface area (Å²) >= 11 is 0. The van der Waals surface area contributed by atoms with E-state index in [1.807, 2.05) is 0 Å². The van der Waals surface area contributed by atoms with Crippen molar-refractivity contribution in [2.24, 2.45) is 10.2 Å². The predicted molar refractivity (Wildman–Crippen MR) is 82.5 cm³/mol. The third-order valence-electron chi connectivity index (χ3n) is 2.05. The standard InChI is InChI=1S/C14H28N4O4/c1-9(2)21-11(19)15-13(5,6)17-18-14(7,8)16-12(20)22-10(3)4/h9-10H,1-8H3,(H,15,19)(H,16,20). The molecule has 0 aliphatic heterocycles. The molecule has 0 radical (unpaired) electrons. The largest absolute Gasteiger partial charge is 0.447 e. The number of carbonyl (C=O) groups is 2. The van der Waals surface area contributed by atoms with Crippen LogP contribution in [0.2, 0.25) is 0 Å². The Labute approximate surface area is 132 Å². The lowest BCUT2D eigenvalue weighted by molar-refractivity contribution is 0.102. The molecule has 2 N–H and O–H groups in total. The molecule has 0 aromatic heterocycles. The van der Waals surface area contributed by atoms with Gasteiger partial charge in [0, 0.05) is 0 Å². The second kappa shape index (κ2) is 7.95. The molecule has 0 bridgehead atoms. The number of alkyl carbamates (subject to hydrolysis) is 2. The Hall–Kier alpha value is -1.86. The van der Waals surface area contributed by atoms with Crippen molar-refractivity contribution in [1.29, 1.82) is 0 Å². The molecular formula is C14H28N4O4. The zero-order valence-corrected chi connectivity index (χ0v) is 14.7. The molecule has 2 amide bonds. The molecule has 0 fully saturated rings. The number of nitrogens with zero attached hydrogens (tertiary/aromatic N) is 2. The van der Waals surface area contributed by atoms with Crippen LogP contribution in [0.5, 0.6) is 0 Å². The van der Waals surface area contributed by atoms with Gasteiger partial charge in [0.25, 0.3) is 0 Å². The van der Waals surface area contributed by atoms with Crippen LogP contribution < -0.4 is 10.6 Å². The summed E-state index contributed by atoms with van der Waals surface area (Å²) in [5.74, 6) is 0. The lowest BCUT2D eigenvalue weighted by atomic mass is 10.2. The molecule has 8 nitrogen and oxygen atoms in total. The third kappa shape index (κ3) is 9.95. The highest BCUT2D eigenvalue weighted by atomic mass is 16.6. The fourth-order valence-electron chi connectivity index (χ4n) is 1.29. The Kier molecular flexibility index (Phi) is 7.28. The molecule has 0 atom stereocenters. The molecule has 0 aliphatic rings. The van der Waals surface area contributed by atoms with Crippen LogP contribution in [0.4, 0.5) is 9.59 Å². The summed E-state index contributed by atoms with van der Waals surface area (Å²) in [6.07, 6.45) is -1.61. The number of nitrogens with one attached hydrogen (secondary N) is 2.